The van der Waals surface area contributed by atoms with Gasteiger partial charge in [0.2, 0.25) is 0 Å². The Morgan fingerprint density at radius 2 is 1.82 bits per heavy atom. The molecule has 0 saturated heterocycles. The van der Waals surface area contributed by atoms with Gasteiger partial charge in [0.1, 0.15) is 0 Å². The molecule has 0 aliphatic rings. The third-order valence-electron chi connectivity index (χ3n) is 3.11. The van der Waals surface area contributed by atoms with Crippen LogP contribution in [-0.4, -0.2) is 14.1 Å². The zero-order valence-electron chi connectivity index (χ0n) is 11.2. The van der Waals surface area contributed by atoms with Crippen LogP contribution in [0.2, 0.25) is 0 Å². The summed E-state index contributed by atoms with van der Waals surface area (Å²) in [5.74, 6) is 5.62. The summed E-state index contributed by atoms with van der Waals surface area (Å²) in [5, 5.41) is 0. The van der Waals surface area contributed by atoms with E-state index in [2.05, 4.69) is 55.6 Å². The van der Waals surface area contributed by atoms with Crippen LogP contribution in [0.4, 0.5) is 5.69 Å². The minimum atomic E-state index is 0.276. The SMILES string of the molecule is CCCCCC(NN)c1ccc(N(C)C)cc1. The summed E-state index contributed by atoms with van der Waals surface area (Å²) in [7, 11) is 4.10. The number of anilines is 1. The maximum Gasteiger partial charge on any atom is 0.0460 e. The number of hydrazine groups is 1. The van der Waals surface area contributed by atoms with E-state index in [1.165, 1.54) is 30.5 Å². The summed E-state index contributed by atoms with van der Waals surface area (Å²) >= 11 is 0. The summed E-state index contributed by atoms with van der Waals surface area (Å²) in [5.41, 5.74) is 5.41. The van der Waals surface area contributed by atoms with E-state index in [-0.39, 0.29) is 6.04 Å². The van der Waals surface area contributed by atoms with Crippen LogP contribution in [0.1, 0.15) is 44.2 Å². The Morgan fingerprint density at radius 1 is 1.18 bits per heavy atom. The molecule has 1 unspecified atom stereocenters. The van der Waals surface area contributed by atoms with Crippen LogP contribution in [0, 0.1) is 0 Å². The average Bonchev–Trinajstić information content (AvgIpc) is 2.35. The van der Waals surface area contributed by atoms with Crippen molar-refractivity contribution in [3.8, 4) is 0 Å². The van der Waals surface area contributed by atoms with E-state index in [1.807, 2.05) is 0 Å². The highest BCUT2D eigenvalue weighted by Crippen LogP contribution is 2.21. The second-order valence-corrected chi connectivity index (χ2v) is 4.70. The largest absolute Gasteiger partial charge is 0.378 e. The number of rotatable bonds is 7. The molecule has 17 heavy (non-hydrogen) atoms. The zero-order chi connectivity index (χ0) is 12.7. The molecule has 0 heterocycles. The van der Waals surface area contributed by atoms with Gasteiger partial charge in [-0.2, -0.15) is 0 Å². The molecule has 1 aromatic carbocycles. The van der Waals surface area contributed by atoms with E-state index < -0.39 is 0 Å². The van der Waals surface area contributed by atoms with Crippen LogP contribution in [0.3, 0.4) is 0 Å². The second-order valence-electron chi connectivity index (χ2n) is 4.70. The Labute approximate surface area is 105 Å². The zero-order valence-corrected chi connectivity index (χ0v) is 11.2. The van der Waals surface area contributed by atoms with Gasteiger partial charge in [-0.25, -0.2) is 0 Å². The van der Waals surface area contributed by atoms with Gasteiger partial charge in [-0.1, -0.05) is 38.3 Å². The fraction of sp³-hybridized carbons (Fsp3) is 0.571. The van der Waals surface area contributed by atoms with Crippen LogP contribution >= 0.6 is 0 Å². The van der Waals surface area contributed by atoms with E-state index >= 15 is 0 Å². The van der Waals surface area contributed by atoms with Crippen molar-refractivity contribution in [1.82, 2.24) is 5.43 Å². The number of nitrogens with two attached hydrogens (primary N) is 1. The first-order chi connectivity index (χ1) is 8.19. The highest BCUT2D eigenvalue weighted by molar-refractivity contribution is 5.46. The lowest BCUT2D eigenvalue weighted by atomic mass is 10.0. The second kappa shape index (κ2) is 7.30. The number of hydrogen-bond donors (Lipinski definition) is 2. The van der Waals surface area contributed by atoms with Gasteiger partial charge in [0, 0.05) is 25.8 Å². The molecule has 3 heteroatoms. The monoisotopic (exact) mass is 235 g/mol. The van der Waals surface area contributed by atoms with Crippen molar-refractivity contribution < 1.29 is 0 Å². The molecule has 0 radical (unpaired) electrons. The van der Waals surface area contributed by atoms with E-state index in [1.54, 1.807) is 0 Å². The molecular formula is C14H25N3. The number of nitrogens with one attached hydrogen (secondary N) is 1. The molecule has 0 amide bonds. The molecule has 0 aromatic heterocycles. The average molecular weight is 235 g/mol. The number of hydrogen-bond acceptors (Lipinski definition) is 3. The third-order valence-corrected chi connectivity index (χ3v) is 3.11. The molecule has 3 N–H and O–H groups in total. The van der Waals surface area contributed by atoms with Crippen molar-refractivity contribution in [2.24, 2.45) is 5.84 Å². The third kappa shape index (κ3) is 4.36. The quantitative estimate of drug-likeness (QED) is 0.434. The van der Waals surface area contributed by atoms with Crippen molar-refractivity contribution in [3.63, 3.8) is 0 Å². The minimum absolute atomic E-state index is 0.276. The molecule has 0 spiro atoms. The molecule has 1 rings (SSSR count). The van der Waals surface area contributed by atoms with Crippen molar-refractivity contribution in [3.05, 3.63) is 29.8 Å². The van der Waals surface area contributed by atoms with Crippen LogP contribution in [0.5, 0.6) is 0 Å². The Kier molecular flexibility index (Phi) is 6.01. The Bertz CT molecular complexity index is 306. The fourth-order valence-corrected chi connectivity index (χ4v) is 1.95. The summed E-state index contributed by atoms with van der Waals surface area (Å²) in [6.07, 6.45) is 4.84. The molecule has 0 aliphatic carbocycles. The van der Waals surface area contributed by atoms with Crippen molar-refractivity contribution in [2.75, 3.05) is 19.0 Å². The number of nitrogens with zero attached hydrogens (tertiary/aromatic N) is 1. The number of unbranched alkanes of at least 4 members (excludes halogenated alkanes) is 2. The predicted molar refractivity (Wildman–Crippen MR) is 75.0 cm³/mol. The van der Waals surface area contributed by atoms with Gasteiger partial charge in [0.05, 0.1) is 0 Å². The fourth-order valence-electron chi connectivity index (χ4n) is 1.95. The lowest BCUT2D eigenvalue weighted by Crippen LogP contribution is -2.28. The molecule has 0 bridgehead atoms. The number of benzene rings is 1. The highest BCUT2D eigenvalue weighted by atomic mass is 15.2. The first kappa shape index (κ1) is 14.0. The first-order valence-corrected chi connectivity index (χ1v) is 6.42. The van der Waals surface area contributed by atoms with Gasteiger partial charge in [-0.05, 0) is 24.1 Å². The lowest BCUT2D eigenvalue weighted by Gasteiger charge is -2.18. The molecule has 1 atom stereocenters. The Morgan fingerprint density at radius 3 is 2.29 bits per heavy atom. The predicted octanol–water partition coefficient (Wildman–Crippen LogP) is 2.84. The topological polar surface area (TPSA) is 41.3 Å². The summed E-state index contributed by atoms with van der Waals surface area (Å²) < 4.78 is 0. The van der Waals surface area contributed by atoms with Gasteiger partial charge in [-0.3, -0.25) is 11.3 Å². The first-order valence-electron chi connectivity index (χ1n) is 6.42. The van der Waals surface area contributed by atoms with Crippen LogP contribution in [0.15, 0.2) is 24.3 Å². The van der Waals surface area contributed by atoms with Gasteiger partial charge in [0.15, 0.2) is 0 Å². The lowest BCUT2D eigenvalue weighted by molar-refractivity contribution is 0.487. The van der Waals surface area contributed by atoms with E-state index in [9.17, 15) is 0 Å². The minimum Gasteiger partial charge on any atom is -0.378 e. The van der Waals surface area contributed by atoms with Crippen LogP contribution in [0.25, 0.3) is 0 Å². The summed E-state index contributed by atoms with van der Waals surface area (Å²) in [4.78, 5) is 2.10. The van der Waals surface area contributed by atoms with Crippen molar-refractivity contribution in [2.45, 2.75) is 38.6 Å². The standard InChI is InChI=1S/C14H25N3/c1-4-5-6-7-14(16-15)12-8-10-13(11-9-12)17(2)3/h8-11,14,16H,4-7,15H2,1-3H3. The maximum atomic E-state index is 5.62. The Balaban J connectivity index is 2.62. The van der Waals surface area contributed by atoms with Gasteiger partial charge in [-0.15, -0.1) is 0 Å². The Hall–Kier alpha value is -1.06. The van der Waals surface area contributed by atoms with Crippen LogP contribution in [-0.2, 0) is 0 Å². The van der Waals surface area contributed by atoms with E-state index in [0.29, 0.717) is 0 Å². The van der Waals surface area contributed by atoms with Gasteiger partial charge < -0.3 is 4.90 Å². The van der Waals surface area contributed by atoms with Crippen molar-refractivity contribution >= 4 is 5.69 Å². The van der Waals surface area contributed by atoms with Gasteiger partial charge in [0.25, 0.3) is 0 Å². The molecule has 0 aliphatic heterocycles. The molecule has 1 aromatic rings. The van der Waals surface area contributed by atoms with Crippen molar-refractivity contribution in [1.29, 1.82) is 0 Å². The maximum absolute atomic E-state index is 5.62. The molecule has 3 nitrogen and oxygen atoms in total. The molecule has 96 valence electrons. The van der Waals surface area contributed by atoms with Gasteiger partial charge >= 0.3 is 0 Å². The van der Waals surface area contributed by atoms with Crippen LogP contribution < -0.4 is 16.2 Å². The molecule has 0 fully saturated rings. The summed E-state index contributed by atoms with van der Waals surface area (Å²) in [6, 6.07) is 8.87. The highest BCUT2D eigenvalue weighted by Gasteiger charge is 2.08. The summed E-state index contributed by atoms with van der Waals surface area (Å²) in [6.45, 7) is 2.22. The smallest absolute Gasteiger partial charge is 0.0460 e. The normalized spacial score (nSPS) is 12.5. The van der Waals surface area contributed by atoms with E-state index in [0.717, 1.165) is 6.42 Å². The molecule has 0 saturated carbocycles. The molecular weight excluding hydrogens is 210 g/mol. The van der Waals surface area contributed by atoms with E-state index in [4.69, 9.17) is 5.84 Å².